The maximum absolute atomic E-state index is 6.16. The second-order valence-corrected chi connectivity index (χ2v) is 5.19. The Morgan fingerprint density at radius 3 is 2.93 bits per heavy atom. The Balaban J connectivity index is 2.32. The van der Waals surface area contributed by atoms with E-state index in [1.54, 1.807) is 17.7 Å². The van der Waals surface area contributed by atoms with Crippen molar-refractivity contribution in [1.29, 1.82) is 0 Å². The maximum atomic E-state index is 6.16. The molecule has 4 heteroatoms. The van der Waals surface area contributed by atoms with Gasteiger partial charge in [0, 0.05) is 10.3 Å². The molecule has 0 aromatic carbocycles. The van der Waals surface area contributed by atoms with Crippen LogP contribution in [0.2, 0.25) is 0 Å². The molecule has 0 bridgehead atoms. The molecule has 1 saturated carbocycles. The highest BCUT2D eigenvalue weighted by Crippen LogP contribution is 2.44. The highest BCUT2D eigenvalue weighted by atomic mass is 32.1. The fourth-order valence-corrected chi connectivity index (χ4v) is 2.59. The van der Waals surface area contributed by atoms with Crippen molar-refractivity contribution in [2.45, 2.75) is 25.3 Å². The monoisotopic (exact) mass is 205 g/mol. The predicted molar refractivity (Wildman–Crippen MR) is 57.3 cm³/mol. The molecule has 0 radical (unpaired) electrons. The van der Waals surface area contributed by atoms with Gasteiger partial charge in [-0.15, -0.1) is 11.3 Å². The number of hydrogen-bond acceptors (Lipinski definition) is 4. The van der Waals surface area contributed by atoms with Gasteiger partial charge in [-0.25, -0.2) is 9.97 Å². The molecule has 2 aromatic rings. The van der Waals surface area contributed by atoms with Crippen molar-refractivity contribution in [2.24, 2.45) is 5.73 Å². The van der Waals surface area contributed by atoms with Crippen molar-refractivity contribution in [1.82, 2.24) is 9.97 Å². The largest absolute Gasteiger partial charge is 0.320 e. The summed E-state index contributed by atoms with van der Waals surface area (Å²) in [6.07, 6.45) is 3.72. The normalized spacial score (nSPS) is 18.7. The quantitative estimate of drug-likeness (QED) is 0.774. The van der Waals surface area contributed by atoms with Gasteiger partial charge in [0.15, 0.2) is 0 Å². The van der Waals surface area contributed by atoms with E-state index in [1.165, 1.54) is 4.88 Å². The van der Waals surface area contributed by atoms with Gasteiger partial charge in [0.25, 0.3) is 0 Å². The number of nitrogens with zero attached hydrogens (tertiary/aromatic N) is 2. The first-order valence-corrected chi connectivity index (χ1v) is 5.51. The summed E-state index contributed by atoms with van der Waals surface area (Å²) in [6.45, 7) is 2.09. The van der Waals surface area contributed by atoms with E-state index in [9.17, 15) is 0 Å². The van der Waals surface area contributed by atoms with Crippen LogP contribution in [0.3, 0.4) is 0 Å². The number of fused-ring (bicyclic) bond motifs is 1. The van der Waals surface area contributed by atoms with Crippen molar-refractivity contribution in [3.8, 4) is 0 Å². The molecule has 0 spiro atoms. The second kappa shape index (κ2) is 2.52. The van der Waals surface area contributed by atoms with E-state index in [2.05, 4.69) is 23.0 Å². The average molecular weight is 205 g/mol. The van der Waals surface area contributed by atoms with Gasteiger partial charge in [-0.2, -0.15) is 0 Å². The molecule has 0 saturated heterocycles. The zero-order valence-electron chi connectivity index (χ0n) is 7.95. The summed E-state index contributed by atoms with van der Waals surface area (Å²) in [4.78, 5) is 10.9. The van der Waals surface area contributed by atoms with E-state index in [0.717, 1.165) is 28.8 Å². The lowest BCUT2D eigenvalue weighted by molar-refractivity contribution is 0.714. The number of nitrogens with two attached hydrogens (primary N) is 1. The fraction of sp³-hybridized carbons (Fsp3) is 0.400. The van der Waals surface area contributed by atoms with Crippen LogP contribution in [-0.4, -0.2) is 9.97 Å². The molecule has 0 amide bonds. The Kier molecular flexibility index (Phi) is 1.50. The minimum atomic E-state index is -0.158. The molecule has 72 valence electrons. The van der Waals surface area contributed by atoms with Crippen LogP contribution in [0, 0.1) is 6.92 Å². The van der Waals surface area contributed by atoms with E-state index >= 15 is 0 Å². The van der Waals surface area contributed by atoms with Gasteiger partial charge in [0.2, 0.25) is 0 Å². The SMILES string of the molecule is Cc1cc2c(C3(N)CC3)ncnc2s1. The molecule has 3 rings (SSSR count). The number of aryl methyl sites for hydroxylation is 1. The van der Waals surface area contributed by atoms with Crippen LogP contribution in [0.5, 0.6) is 0 Å². The number of hydrogen-bond donors (Lipinski definition) is 1. The molecule has 3 nitrogen and oxygen atoms in total. The summed E-state index contributed by atoms with van der Waals surface area (Å²) in [7, 11) is 0. The Hall–Kier alpha value is -1.00. The Morgan fingerprint density at radius 2 is 2.21 bits per heavy atom. The lowest BCUT2D eigenvalue weighted by atomic mass is 10.1. The Labute approximate surface area is 86.0 Å². The Morgan fingerprint density at radius 1 is 1.43 bits per heavy atom. The zero-order chi connectivity index (χ0) is 9.76. The molecule has 2 heterocycles. The van der Waals surface area contributed by atoms with Crippen LogP contribution in [0.4, 0.5) is 0 Å². The third kappa shape index (κ3) is 1.07. The van der Waals surface area contributed by atoms with Gasteiger partial charge in [-0.3, -0.25) is 0 Å². The molecule has 0 unspecified atom stereocenters. The van der Waals surface area contributed by atoms with Crippen molar-refractivity contribution in [3.63, 3.8) is 0 Å². The highest BCUT2D eigenvalue weighted by Gasteiger charge is 2.42. The summed E-state index contributed by atoms with van der Waals surface area (Å²) < 4.78 is 0. The standard InChI is InChI=1S/C10H11N3S/c1-6-4-7-8(10(11)2-3-10)12-5-13-9(7)14-6/h4-5H,2-3,11H2,1H3. The molecular formula is C10H11N3S. The summed E-state index contributed by atoms with van der Waals surface area (Å²) >= 11 is 1.70. The van der Waals surface area contributed by atoms with Crippen LogP contribution in [-0.2, 0) is 5.54 Å². The van der Waals surface area contributed by atoms with Gasteiger partial charge >= 0.3 is 0 Å². The molecule has 1 fully saturated rings. The predicted octanol–water partition coefficient (Wildman–Crippen LogP) is 1.95. The van der Waals surface area contributed by atoms with Gasteiger partial charge in [-0.05, 0) is 25.8 Å². The average Bonchev–Trinajstić information content (AvgIpc) is 2.78. The summed E-state index contributed by atoms with van der Waals surface area (Å²) in [5, 5.41) is 1.15. The van der Waals surface area contributed by atoms with Crippen molar-refractivity contribution in [3.05, 3.63) is 23.0 Å². The number of thiophene rings is 1. The lowest BCUT2D eigenvalue weighted by Gasteiger charge is -2.07. The zero-order valence-corrected chi connectivity index (χ0v) is 8.77. The summed E-state index contributed by atoms with van der Waals surface area (Å²) in [6, 6.07) is 2.14. The first-order valence-electron chi connectivity index (χ1n) is 4.69. The molecule has 0 atom stereocenters. The molecule has 2 aromatic heterocycles. The molecule has 1 aliphatic carbocycles. The summed E-state index contributed by atoms with van der Waals surface area (Å²) in [5.74, 6) is 0. The maximum Gasteiger partial charge on any atom is 0.127 e. The van der Waals surface area contributed by atoms with Crippen LogP contribution >= 0.6 is 11.3 Å². The molecule has 2 N–H and O–H groups in total. The minimum absolute atomic E-state index is 0.158. The lowest BCUT2D eigenvalue weighted by Crippen LogP contribution is -2.20. The fourth-order valence-electron chi connectivity index (χ4n) is 1.74. The molecule has 14 heavy (non-hydrogen) atoms. The first kappa shape index (κ1) is 8.32. The third-order valence-electron chi connectivity index (χ3n) is 2.71. The second-order valence-electron chi connectivity index (χ2n) is 3.95. The molecular weight excluding hydrogens is 194 g/mol. The smallest absolute Gasteiger partial charge is 0.127 e. The number of rotatable bonds is 1. The van der Waals surface area contributed by atoms with Gasteiger partial charge in [0.1, 0.15) is 11.2 Å². The van der Waals surface area contributed by atoms with E-state index in [-0.39, 0.29) is 5.54 Å². The van der Waals surface area contributed by atoms with Crippen molar-refractivity contribution in [2.75, 3.05) is 0 Å². The molecule has 1 aliphatic rings. The summed E-state index contributed by atoms with van der Waals surface area (Å²) in [5.41, 5.74) is 7.03. The van der Waals surface area contributed by atoms with E-state index in [4.69, 9.17) is 5.73 Å². The van der Waals surface area contributed by atoms with E-state index in [0.29, 0.717) is 0 Å². The van der Waals surface area contributed by atoms with Crippen LogP contribution in [0.25, 0.3) is 10.2 Å². The van der Waals surface area contributed by atoms with E-state index < -0.39 is 0 Å². The van der Waals surface area contributed by atoms with Crippen LogP contribution < -0.4 is 5.73 Å². The van der Waals surface area contributed by atoms with Crippen LogP contribution in [0.15, 0.2) is 12.4 Å². The Bertz CT molecular complexity index is 499. The highest BCUT2D eigenvalue weighted by molar-refractivity contribution is 7.18. The molecule has 0 aliphatic heterocycles. The van der Waals surface area contributed by atoms with E-state index in [1.807, 2.05) is 0 Å². The van der Waals surface area contributed by atoms with Crippen LogP contribution in [0.1, 0.15) is 23.4 Å². The third-order valence-corrected chi connectivity index (χ3v) is 3.67. The van der Waals surface area contributed by atoms with Gasteiger partial charge in [0.05, 0.1) is 11.2 Å². The van der Waals surface area contributed by atoms with Gasteiger partial charge in [-0.1, -0.05) is 0 Å². The van der Waals surface area contributed by atoms with Gasteiger partial charge < -0.3 is 5.73 Å². The first-order chi connectivity index (χ1) is 6.69. The minimum Gasteiger partial charge on any atom is -0.320 e. The number of aromatic nitrogens is 2. The van der Waals surface area contributed by atoms with Crippen molar-refractivity contribution >= 4 is 21.6 Å². The van der Waals surface area contributed by atoms with Crippen molar-refractivity contribution < 1.29 is 0 Å². The topological polar surface area (TPSA) is 51.8 Å².